The molecule has 0 radical (unpaired) electrons. The van der Waals surface area contributed by atoms with E-state index in [1.165, 1.54) is 6.07 Å². The van der Waals surface area contributed by atoms with Crippen molar-refractivity contribution in [2.45, 2.75) is 12.8 Å². The molecule has 0 spiro atoms. The standard InChI is InChI=1S/2C26H23Cl2N3O3/c1-31(2)10-11-34-20-5-3-4-16(13-20)17-7-9-23(27)19(12-17)15-24(32)18-6-8-21-22(14-18)25(28)29-30-26(21)33;1-31(2)10-11-34-20-5-3-4-16(13-20)17-7-9-23(27)19(12-17)15-24(32)18-6-8-21-22(14-18)26(33)30-29-25(21)28/h2*3-9,12-14H,10-11,15H2,1-2H3,(H,30,33). The van der Waals surface area contributed by atoms with Crippen molar-refractivity contribution in [3.8, 4) is 33.8 Å². The summed E-state index contributed by atoms with van der Waals surface area (Å²) in [5, 5.41) is 15.1. The fourth-order valence-electron chi connectivity index (χ4n) is 7.17. The maximum absolute atomic E-state index is 13.0. The molecule has 68 heavy (non-hydrogen) atoms. The van der Waals surface area contributed by atoms with Gasteiger partial charge in [-0.2, -0.15) is 10.2 Å². The van der Waals surface area contributed by atoms with Crippen LogP contribution in [0.3, 0.4) is 0 Å². The Labute approximate surface area is 412 Å². The summed E-state index contributed by atoms with van der Waals surface area (Å²) < 4.78 is 11.7. The third-order valence-corrected chi connectivity index (χ3v) is 12.2. The fourth-order valence-corrected chi connectivity index (χ4v) is 7.94. The number of carbonyl (C=O) groups excluding carboxylic acids is 2. The van der Waals surface area contributed by atoms with E-state index in [2.05, 4.69) is 30.2 Å². The molecule has 2 aromatic heterocycles. The van der Waals surface area contributed by atoms with Crippen LogP contribution in [-0.2, 0) is 12.8 Å². The lowest BCUT2D eigenvalue weighted by Crippen LogP contribution is -2.19. The van der Waals surface area contributed by atoms with E-state index in [4.69, 9.17) is 55.9 Å². The fraction of sp³-hybridized carbons (Fsp3) is 0.192. The van der Waals surface area contributed by atoms with Gasteiger partial charge < -0.3 is 19.3 Å². The van der Waals surface area contributed by atoms with Gasteiger partial charge in [0.2, 0.25) is 0 Å². The van der Waals surface area contributed by atoms with Gasteiger partial charge in [-0.1, -0.05) is 101 Å². The zero-order valence-corrected chi connectivity index (χ0v) is 40.6. The number of benzene rings is 6. The summed E-state index contributed by atoms with van der Waals surface area (Å²) in [6, 6.07) is 36.5. The van der Waals surface area contributed by atoms with E-state index in [1.807, 2.05) is 101 Å². The Bertz CT molecular complexity index is 3270. The molecular formula is C52H46Cl4N6O6. The van der Waals surface area contributed by atoms with Crippen LogP contribution in [0.15, 0.2) is 131 Å². The number of halogens is 4. The molecular weight excluding hydrogens is 946 g/mol. The second kappa shape index (κ2) is 22.6. The first-order valence-electron chi connectivity index (χ1n) is 21.4. The topological polar surface area (TPSA) is 151 Å². The number of aromatic amines is 2. The molecule has 0 saturated carbocycles. The van der Waals surface area contributed by atoms with Crippen molar-refractivity contribution >= 4 is 79.5 Å². The van der Waals surface area contributed by atoms with Crippen LogP contribution in [0.25, 0.3) is 43.8 Å². The van der Waals surface area contributed by atoms with Gasteiger partial charge in [-0.15, -0.1) is 0 Å². The summed E-state index contributed by atoms with van der Waals surface area (Å²) in [6.07, 6.45) is 0.194. The van der Waals surface area contributed by atoms with E-state index < -0.39 is 5.56 Å². The van der Waals surface area contributed by atoms with E-state index >= 15 is 0 Å². The molecule has 0 unspecified atom stereocenters. The molecule has 8 rings (SSSR count). The summed E-state index contributed by atoms with van der Waals surface area (Å²) in [5.41, 5.74) is 5.27. The van der Waals surface area contributed by atoms with Gasteiger partial charge in [0.15, 0.2) is 21.9 Å². The summed E-state index contributed by atoms with van der Waals surface area (Å²) in [5.74, 6) is 1.26. The van der Waals surface area contributed by atoms with Crippen LogP contribution in [-0.4, -0.2) is 96.3 Å². The minimum atomic E-state index is -0.401. The quantitative estimate of drug-likeness (QED) is 0.0896. The highest BCUT2D eigenvalue weighted by atomic mass is 35.5. The summed E-state index contributed by atoms with van der Waals surface area (Å²) in [6.45, 7) is 2.82. The predicted molar refractivity (Wildman–Crippen MR) is 273 cm³/mol. The Morgan fingerprint density at radius 3 is 1.41 bits per heavy atom. The van der Waals surface area contributed by atoms with Crippen LogP contribution in [0.2, 0.25) is 20.4 Å². The van der Waals surface area contributed by atoms with Gasteiger partial charge in [-0.05, 0) is 128 Å². The predicted octanol–water partition coefficient (Wildman–Crippen LogP) is 10.5. The van der Waals surface area contributed by atoms with Gasteiger partial charge in [0.1, 0.15) is 24.7 Å². The highest BCUT2D eigenvalue weighted by Crippen LogP contribution is 2.31. The molecule has 2 heterocycles. The van der Waals surface area contributed by atoms with Crippen LogP contribution in [0, 0.1) is 0 Å². The molecule has 0 amide bonds. The number of rotatable bonds is 16. The van der Waals surface area contributed by atoms with Crippen LogP contribution >= 0.6 is 46.4 Å². The Morgan fingerprint density at radius 1 is 0.500 bits per heavy atom. The van der Waals surface area contributed by atoms with Crippen LogP contribution < -0.4 is 20.6 Å². The van der Waals surface area contributed by atoms with Crippen LogP contribution in [0.4, 0.5) is 0 Å². The summed E-state index contributed by atoms with van der Waals surface area (Å²) in [4.78, 5) is 54.3. The van der Waals surface area contributed by atoms with Gasteiger partial charge in [0.05, 0.1) is 10.8 Å². The third kappa shape index (κ3) is 12.6. The second-order valence-electron chi connectivity index (χ2n) is 16.4. The number of hydrogen-bond acceptors (Lipinski definition) is 10. The number of nitrogens with one attached hydrogen (secondary N) is 2. The van der Waals surface area contributed by atoms with E-state index in [9.17, 15) is 19.2 Å². The zero-order valence-electron chi connectivity index (χ0n) is 37.5. The normalized spacial score (nSPS) is 11.2. The smallest absolute Gasteiger partial charge is 0.272 e. The zero-order chi connectivity index (χ0) is 48.5. The lowest BCUT2D eigenvalue weighted by molar-refractivity contribution is 0.0985. The Kier molecular flexibility index (Phi) is 16.5. The van der Waals surface area contributed by atoms with Crippen molar-refractivity contribution in [3.63, 3.8) is 0 Å². The molecule has 2 N–H and O–H groups in total. The average Bonchev–Trinajstić information content (AvgIpc) is 3.32. The maximum Gasteiger partial charge on any atom is 0.272 e. The number of aromatic nitrogens is 4. The number of fused-ring (bicyclic) bond motifs is 2. The van der Waals surface area contributed by atoms with Gasteiger partial charge in [0.25, 0.3) is 11.1 Å². The minimum absolute atomic E-state index is 0.0912. The molecule has 0 saturated heterocycles. The van der Waals surface area contributed by atoms with Crippen molar-refractivity contribution in [2.75, 3.05) is 54.5 Å². The van der Waals surface area contributed by atoms with Gasteiger partial charge >= 0.3 is 0 Å². The minimum Gasteiger partial charge on any atom is -0.492 e. The van der Waals surface area contributed by atoms with Crippen LogP contribution in [0.5, 0.6) is 11.5 Å². The van der Waals surface area contributed by atoms with Crippen molar-refractivity contribution in [1.29, 1.82) is 0 Å². The Balaban J connectivity index is 0.000000201. The second-order valence-corrected chi connectivity index (χ2v) is 17.9. The lowest BCUT2D eigenvalue weighted by Gasteiger charge is -2.12. The monoisotopic (exact) mass is 990 g/mol. The summed E-state index contributed by atoms with van der Waals surface area (Å²) >= 11 is 25.0. The number of hydrogen-bond donors (Lipinski definition) is 2. The number of nitrogens with zero attached hydrogens (tertiary/aromatic N) is 4. The molecule has 0 aliphatic heterocycles. The van der Waals surface area contributed by atoms with E-state index in [-0.39, 0.29) is 40.3 Å². The average molecular weight is 993 g/mol. The molecule has 0 aliphatic carbocycles. The van der Waals surface area contributed by atoms with Gasteiger partial charge in [-0.25, -0.2) is 10.2 Å². The molecule has 0 fully saturated rings. The highest BCUT2D eigenvalue weighted by molar-refractivity contribution is 6.35. The van der Waals surface area contributed by atoms with Crippen molar-refractivity contribution in [3.05, 3.63) is 185 Å². The number of ether oxygens (including phenoxy) is 2. The molecule has 348 valence electrons. The van der Waals surface area contributed by atoms with Crippen LogP contribution in [0.1, 0.15) is 31.8 Å². The Hall–Kier alpha value is -6.38. The number of H-pyrrole nitrogens is 2. The molecule has 12 nitrogen and oxygen atoms in total. The van der Waals surface area contributed by atoms with Crippen molar-refractivity contribution < 1.29 is 19.1 Å². The molecule has 0 aliphatic rings. The van der Waals surface area contributed by atoms with E-state index in [0.717, 1.165) is 46.8 Å². The first-order chi connectivity index (χ1) is 32.6. The highest BCUT2D eigenvalue weighted by Gasteiger charge is 2.16. The molecule has 8 aromatic rings. The SMILES string of the molecule is CN(C)CCOc1cccc(-c2ccc(Cl)c(CC(=O)c3ccc4c(=O)[nH]nc(Cl)c4c3)c2)c1.CN(C)CCOc1cccc(-c2ccc(Cl)c(CC(=O)c3ccc4c(Cl)n[nH]c(=O)c4c3)c2)c1. The van der Waals surface area contributed by atoms with Gasteiger partial charge in [-0.3, -0.25) is 19.2 Å². The maximum atomic E-state index is 13.0. The molecule has 16 heteroatoms. The Morgan fingerprint density at radius 2 is 0.926 bits per heavy atom. The van der Waals surface area contributed by atoms with Crippen molar-refractivity contribution in [2.24, 2.45) is 0 Å². The summed E-state index contributed by atoms with van der Waals surface area (Å²) in [7, 11) is 8.00. The molecule has 0 atom stereocenters. The van der Waals surface area contributed by atoms with E-state index in [0.29, 0.717) is 67.1 Å². The van der Waals surface area contributed by atoms with Gasteiger partial charge in [0, 0.05) is 57.9 Å². The number of carbonyl (C=O) groups is 2. The first kappa shape index (κ1) is 49.5. The third-order valence-electron chi connectivity index (χ3n) is 10.9. The first-order valence-corrected chi connectivity index (χ1v) is 22.9. The largest absolute Gasteiger partial charge is 0.492 e. The van der Waals surface area contributed by atoms with Crippen molar-refractivity contribution in [1.82, 2.24) is 30.2 Å². The number of Topliss-reactive ketones (excluding diaryl/α,β-unsaturated/α-hetero) is 2. The number of likely N-dealkylation sites (N-methyl/N-ethyl adjacent to an activating group) is 2. The van der Waals surface area contributed by atoms with E-state index in [1.54, 1.807) is 42.5 Å². The molecule has 0 bridgehead atoms. The number of ketones is 2. The molecule has 6 aromatic carbocycles. The lowest BCUT2D eigenvalue weighted by atomic mass is 9.97.